The van der Waals surface area contributed by atoms with Crippen molar-refractivity contribution >= 4 is 24.0 Å². The first-order valence-corrected chi connectivity index (χ1v) is 5.14. The number of carbonyl (C=O) groups excluding carboxylic acids is 1. The van der Waals surface area contributed by atoms with Crippen LogP contribution in [0.2, 0.25) is 0 Å². The summed E-state index contributed by atoms with van der Waals surface area (Å²) >= 11 is 0. The largest absolute Gasteiger partial charge is 0.329 e. The molecule has 1 aromatic rings. The van der Waals surface area contributed by atoms with E-state index in [1.54, 1.807) is 26.0 Å². The summed E-state index contributed by atoms with van der Waals surface area (Å²) in [5, 5.41) is 2.55. The molecule has 0 aliphatic heterocycles. The van der Waals surface area contributed by atoms with E-state index in [-0.39, 0.29) is 30.5 Å². The number of nitrogens with two attached hydrogens (primary N) is 1. The maximum absolute atomic E-state index is 13.4. The van der Waals surface area contributed by atoms with Gasteiger partial charge in [-0.15, -0.1) is 12.4 Å². The molecule has 1 rings (SSSR count). The highest BCUT2D eigenvalue weighted by molar-refractivity contribution is 5.95. The number of amides is 1. The topological polar surface area (TPSA) is 55.1 Å². The van der Waals surface area contributed by atoms with Gasteiger partial charge in [-0.25, -0.2) is 4.39 Å². The number of benzene rings is 1. The summed E-state index contributed by atoms with van der Waals surface area (Å²) in [6.07, 6.45) is 0. The van der Waals surface area contributed by atoms with Crippen molar-refractivity contribution < 1.29 is 9.18 Å². The summed E-state index contributed by atoms with van der Waals surface area (Å²) < 4.78 is 13.4. The molecule has 0 aliphatic carbocycles. The summed E-state index contributed by atoms with van der Waals surface area (Å²) in [4.78, 5) is 11.8. The van der Waals surface area contributed by atoms with E-state index in [2.05, 4.69) is 5.32 Å². The van der Waals surface area contributed by atoms with Gasteiger partial charge in [0.05, 0.1) is 11.1 Å². The van der Waals surface area contributed by atoms with Crippen molar-refractivity contribution in [2.45, 2.75) is 20.8 Å². The molecular weight excluding hydrogens is 243 g/mol. The molecule has 0 fully saturated rings. The molecule has 1 amide bonds. The molecule has 0 heterocycles. The van der Waals surface area contributed by atoms with Gasteiger partial charge in [0.1, 0.15) is 5.82 Å². The fraction of sp³-hybridized carbons (Fsp3) is 0.417. The number of nitrogens with one attached hydrogen (secondary N) is 1. The highest BCUT2D eigenvalue weighted by Crippen LogP contribution is 2.20. The van der Waals surface area contributed by atoms with Gasteiger partial charge in [-0.05, 0) is 38.5 Å². The summed E-state index contributed by atoms with van der Waals surface area (Å²) in [6, 6.07) is 4.58. The van der Waals surface area contributed by atoms with E-state index in [1.165, 1.54) is 6.07 Å². The Morgan fingerprint density at radius 3 is 2.59 bits per heavy atom. The van der Waals surface area contributed by atoms with E-state index in [4.69, 9.17) is 5.73 Å². The van der Waals surface area contributed by atoms with Crippen LogP contribution in [0.3, 0.4) is 0 Å². The van der Waals surface area contributed by atoms with Gasteiger partial charge in [-0.2, -0.15) is 0 Å². The molecule has 0 saturated heterocycles. The minimum atomic E-state index is -0.698. The van der Waals surface area contributed by atoms with Crippen LogP contribution >= 0.6 is 12.4 Å². The Bertz CT molecular complexity index is 407. The number of hydrogen-bond donors (Lipinski definition) is 2. The van der Waals surface area contributed by atoms with Gasteiger partial charge in [0.15, 0.2) is 0 Å². The lowest BCUT2D eigenvalue weighted by atomic mass is 9.92. The highest BCUT2D eigenvalue weighted by atomic mass is 35.5. The molecule has 0 radical (unpaired) electrons. The summed E-state index contributed by atoms with van der Waals surface area (Å²) in [7, 11) is 0. The van der Waals surface area contributed by atoms with Crippen molar-refractivity contribution in [2.75, 3.05) is 11.9 Å². The summed E-state index contributed by atoms with van der Waals surface area (Å²) in [6.45, 7) is 5.49. The van der Waals surface area contributed by atoms with Gasteiger partial charge in [0.25, 0.3) is 0 Å². The van der Waals surface area contributed by atoms with E-state index >= 15 is 0 Å². The number of rotatable bonds is 3. The summed E-state index contributed by atoms with van der Waals surface area (Å²) in [5.41, 5.74) is 5.87. The van der Waals surface area contributed by atoms with Crippen LogP contribution < -0.4 is 11.1 Å². The molecule has 3 N–H and O–H groups in total. The zero-order valence-electron chi connectivity index (χ0n) is 10.2. The van der Waals surface area contributed by atoms with E-state index < -0.39 is 11.2 Å². The van der Waals surface area contributed by atoms with E-state index in [0.717, 1.165) is 5.56 Å². The second-order valence-electron chi connectivity index (χ2n) is 4.53. The monoisotopic (exact) mass is 260 g/mol. The van der Waals surface area contributed by atoms with Crippen LogP contribution in [0.1, 0.15) is 19.4 Å². The normalized spacial score (nSPS) is 10.6. The van der Waals surface area contributed by atoms with Crippen LogP contribution in [0.25, 0.3) is 0 Å². The molecule has 5 heteroatoms. The fourth-order valence-electron chi connectivity index (χ4n) is 1.12. The number of halogens is 2. The van der Waals surface area contributed by atoms with E-state index in [9.17, 15) is 9.18 Å². The Morgan fingerprint density at radius 2 is 2.06 bits per heavy atom. The standard InChI is InChI=1S/C12H17FN2O.ClH/c1-8-4-5-9(13)10(6-8)15-11(16)12(2,3)7-14;/h4-6H,7,14H2,1-3H3,(H,15,16);1H. The third-order valence-electron chi connectivity index (χ3n) is 2.50. The summed E-state index contributed by atoms with van der Waals surface area (Å²) in [5.74, 6) is -0.716. The van der Waals surface area contributed by atoms with Crippen molar-refractivity contribution in [2.24, 2.45) is 11.1 Å². The molecule has 0 aromatic heterocycles. The molecule has 17 heavy (non-hydrogen) atoms. The highest BCUT2D eigenvalue weighted by Gasteiger charge is 2.26. The van der Waals surface area contributed by atoms with Crippen LogP contribution in [0.5, 0.6) is 0 Å². The zero-order valence-corrected chi connectivity index (χ0v) is 11.0. The van der Waals surface area contributed by atoms with Crippen LogP contribution in [0.4, 0.5) is 10.1 Å². The first kappa shape index (κ1) is 15.9. The first-order chi connectivity index (χ1) is 7.36. The Kier molecular flexibility index (Phi) is 5.58. The molecule has 3 nitrogen and oxygen atoms in total. The maximum atomic E-state index is 13.4. The lowest BCUT2D eigenvalue weighted by Gasteiger charge is -2.21. The quantitative estimate of drug-likeness (QED) is 0.877. The number of carbonyl (C=O) groups is 1. The molecule has 0 spiro atoms. The lowest BCUT2D eigenvalue weighted by molar-refractivity contribution is -0.123. The van der Waals surface area contributed by atoms with Crippen LogP contribution in [0.15, 0.2) is 18.2 Å². The van der Waals surface area contributed by atoms with Crippen LogP contribution in [-0.4, -0.2) is 12.5 Å². The Morgan fingerprint density at radius 1 is 1.47 bits per heavy atom. The molecule has 0 bridgehead atoms. The minimum absolute atomic E-state index is 0. The van der Waals surface area contributed by atoms with Crippen molar-refractivity contribution in [1.29, 1.82) is 0 Å². The molecular formula is C12H18ClFN2O. The van der Waals surface area contributed by atoms with Crippen LogP contribution in [0, 0.1) is 18.2 Å². The van der Waals surface area contributed by atoms with Gasteiger partial charge in [0.2, 0.25) is 5.91 Å². The second kappa shape index (κ2) is 5.98. The fourth-order valence-corrected chi connectivity index (χ4v) is 1.12. The Balaban J connectivity index is 0.00000256. The predicted octanol–water partition coefficient (Wildman–Crippen LogP) is 2.48. The van der Waals surface area contributed by atoms with Gasteiger partial charge in [0, 0.05) is 6.54 Å². The minimum Gasteiger partial charge on any atom is -0.329 e. The molecule has 1 aromatic carbocycles. The van der Waals surface area contributed by atoms with Gasteiger partial charge in [-0.3, -0.25) is 4.79 Å². The van der Waals surface area contributed by atoms with Crippen molar-refractivity contribution in [1.82, 2.24) is 0 Å². The average Bonchev–Trinajstić information content (AvgIpc) is 2.23. The van der Waals surface area contributed by atoms with Crippen LogP contribution in [-0.2, 0) is 4.79 Å². The SMILES string of the molecule is Cc1ccc(F)c(NC(=O)C(C)(C)CN)c1.Cl. The molecule has 0 atom stereocenters. The molecule has 96 valence electrons. The average molecular weight is 261 g/mol. The second-order valence-corrected chi connectivity index (χ2v) is 4.53. The van der Waals surface area contributed by atoms with Gasteiger partial charge >= 0.3 is 0 Å². The smallest absolute Gasteiger partial charge is 0.231 e. The van der Waals surface area contributed by atoms with Crippen molar-refractivity contribution in [3.8, 4) is 0 Å². The van der Waals surface area contributed by atoms with E-state index in [0.29, 0.717) is 0 Å². The van der Waals surface area contributed by atoms with Crippen molar-refractivity contribution in [3.63, 3.8) is 0 Å². The van der Waals surface area contributed by atoms with Gasteiger partial charge < -0.3 is 11.1 Å². The molecule has 0 aliphatic rings. The zero-order chi connectivity index (χ0) is 12.3. The first-order valence-electron chi connectivity index (χ1n) is 5.14. The third-order valence-corrected chi connectivity index (χ3v) is 2.50. The molecule has 0 saturated carbocycles. The maximum Gasteiger partial charge on any atom is 0.231 e. The Hall–Kier alpha value is -1.13. The number of anilines is 1. The number of hydrogen-bond acceptors (Lipinski definition) is 2. The Labute approximate surface area is 107 Å². The van der Waals surface area contributed by atoms with Gasteiger partial charge in [-0.1, -0.05) is 6.07 Å². The van der Waals surface area contributed by atoms with E-state index in [1.807, 2.05) is 6.92 Å². The predicted molar refractivity (Wildman–Crippen MR) is 69.9 cm³/mol. The number of aryl methyl sites for hydroxylation is 1. The van der Waals surface area contributed by atoms with Crippen molar-refractivity contribution in [3.05, 3.63) is 29.6 Å². The lowest BCUT2D eigenvalue weighted by Crippen LogP contribution is -2.37. The molecule has 0 unspecified atom stereocenters. The third kappa shape index (κ3) is 3.98.